The molecule has 1 saturated carbocycles. The molecular formula is C16H22ClNO3. The van der Waals surface area contributed by atoms with E-state index in [0.29, 0.717) is 24.9 Å². The number of hydrogen-bond acceptors (Lipinski definition) is 2. The van der Waals surface area contributed by atoms with E-state index < -0.39 is 11.0 Å². The van der Waals surface area contributed by atoms with Gasteiger partial charge in [-0.2, -0.15) is 0 Å². The highest BCUT2D eigenvalue weighted by molar-refractivity contribution is 6.33. The topological polar surface area (TPSA) is 72.0 Å². The summed E-state index contributed by atoms with van der Waals surface area (Å²) in [6, 6.07) is 10.3. The van der Waals surface area contributed by atoms with E-state index in [1.807, 2.05) is 35.2 Å². The minimum Gasteiger partial charge on any atom is -0.479 e. The standard InChI is InChI=1S/C16H20ClNO2.H2O/c17-16(15(19)20)10-13-8-4-5-9-14(13)18(16)11-12-6-2-1-3-7-12;/h1-3,6-7,13-14H,4-5,8-11H2,(H,19,20);1H2/t13-,14+,16-;/m1./s1. The van der Waals surface area contributed by atoms with Crippen molar-refractivity contribution in [2.75, 3.05) is 0 Å². The summed E-state index contributed by atoms with van der Waals surface area (Å²) in [5.41, 5.74) is 1.13. The van der Waals surface area contributed by atoms with Crippen LogP contribution in [-0.2, 0) is 11.3 Å². The van der Waals surface area contributed by atoms with Crippen molar-refractivity contribution < 1.29 is 15.4 Å². The Labute approximate surface area is 130 Å². The Bertz CT molecular complexity index is 496. The van der Waals surface area contributed by atoms with Crippen LogP contribution in [0.1, 0.15) is 37.7 Å². The molecule has 1 aromatic carbocycles. The molecule has 2 aliphatic rings. The number of fused-ring (bicyclic) bond motifs is 1. The fourth-order valence-corrected chi connectivity index (χ4v) is 4.18. The number of rotatable bonds is 3. The lowest BCUT2D eigenvalue weighted by molar-refractivity contribution is -0.145. The largest absolute Gasteiger partial charge is 0.479 e. The average molecular weight is 312 g/mol. The van der Waals surface area contributed by atoms with E-state index in [1.54, 1.807) is 0 Å². The third-order valence-electron chi connectivity index (χ3n) is 4.78. The first kappa shape index (κ1) is 16.3. The van der Waals surface area contributed by atoms with Gasteiger partial charge in [-0.25, -0.2) is 4.79 Å². The zero-order valence-corrected chi connectivity index (χ0v) is 12.7. The Balaban J connectivity index is 0.00000161. The predicted octanol–water partition coefficient (Wildman–Crippen LogP) is 2.65. The summed E-state index contributed by atoms with van der Waals surface area (Å²) in [5.74, 6) is -0.467. The van der Waals surface area contributed by atoms with Crippen LogP contribution < -0.4 is 0 Å². The molecule has 1 saturated heterocycles. The zero-order valence-electron chi connectivity index (χ0n) is 12.0. The van der Waals surface area contributed by atoms with Crippen molar-refractivity contribution >= 4 is 17.6 Å². The summed E-state index contributed by atoms with van der Waals surface area (Å²) in [5, 5.41) is 9.59. The molecule has 5 heteroatoms. The summed E-state index contributed by atoms with van der Waals surface area (Å²) >= 11 is 6.52. The maximum Gasteiger partial charge on any atom is 0.339 e. The van der Waals surface area contributed by atoms with Crippen LogP contribution in [0.2, 0.25) is 0 Å². The van der Waals surface area contributed by atoms with Crippen molar-refractivity contribution in [3.8, 4) is 0 Å². The van der Waals surface area contributed by atoms with E-state index in [2.05, 4.69) is 0 Å². The minimum atomic E-state index is -1.23. The molecule has 1 heterocycles. The smallest absolute Gasteiger partial charge is 0.339 e. The van der Waals surface area contributed by atoms with E-state index in [4.69, 9.17) is 11.6 Å². The molecule has 3 N–H and O–H groups in total. The quantitative estimate of drug-likeness (QED) is 0.689. The lowest BCUT2D eigenvalue weighted by Gasteiger charge is -2.35. The Hall–Kier alpha value is -1.10. The summed E-state index contributed by atoms with van der Waals surface area (Å²) < 4.78 is 0. The van der Waals surface area contributed by atoms with Crippen molar-refractivity contribution in [2.24, 2.45) is 5.92 Å². The number of aliphatic carboxylic acids is 1. The second-order valence-electron chi connectivity index (χ2n) is 5.99. The van der Waals surface area contributed by atoms with E-state index >= 15 is 0 Å². The number of carboxylic acids is 1. The normalized spacial score (nSPS) is 32.2. The van der Waals surface area contributed by atoms with Crippen molar-refractivity contribution in [1.82, 2.24) is 4.90 Å². The van der Waals surface area contributed by atoms with Gasteiger partial charge in [0.15, 0.2) is 5.00 Å². The van der Waals surface area contributed by atoms with E-state index in [1.165, 1.54) is 12.8 Å². The van der Waals surface area contributed by atoms with Crippen molar-refractivity contribution in [1.29, 1.82) is 0 Å². The molecule has 0 radical (unpaired) electrons. The van der Waals surface area contributed by atoms with Crippen molar-refractivity contribution in [3.63, 3.8) is 0 Å². The molecule has 2 fully saturated rings. The number of likely N-dealkylation sites (tertiary alicyclic amines) is 1. The van der Waals surface area contributed by atoms with Gasteiger partial charge in [-0.3, -0.25) is 4.90 Å². The molecular weight excluding hydrogens is 290 g/mol. The van der Waals surface area contributed by atoms with Gasteiger partial charge < -0.3 is 10.6 Å². The molecule has 0 bridgehead atoms. The Morgan fingerprint density at radius 3 is 2.62 bits per heavy atom. The van der Waals surface area contributed by atoms with Gasteiger partial charge in [-0.05, 0) is 30.7 Å². The van der Waals surface area contributed by atoms with Crippen LogP contribution >= 0.6 is 11.6 Å². The fraction of sp³-hybridized carbons (Fsp3) is 0.562. The summed E-state index contributed by atoms with van der Waals surface area (Å²) in [7, 11) is 0. The summed E-state index contributed by atoms with van der Waals surface area (Å²) in [6.45, 7) is 0.623. The second-order valence-corrected chi connectivity index (χ2v) is 6.62. The van der Waals surface area contributed by atoms with Crippen molar-refractivity contribution in [3.05, 3.63) is 35.9 Å². The van der Waals surface area contributed by atoms with Crippen LogP contribution in [0, 0.1) is 5.92 Å². The Morgan fingerprint density at radius 1 is 1.29 bits per heavy atom. The monoisotopic (exact) mass is 311 g/mol. The Kier molecular flexibility index (Phi) is 4.91. The third-order valence-corrected chi connectivity index (χ3v) is 5.31. The molecule has 0 amide bonds. The van der Waals surface area contributed by atoms with Gasteiger partial charge in [0.1, 0.15) is 0 Å². The predicted molar refractivity (Wildman–Crippen MR) is 82.2 cm³/mol. The molecule has 3 rings (SSSR count). The van der Waals surface area contributed by atoms with Gasteiger partial charge >= 0.3 is 5.97 Å². The molecule has 0 unspecified atom stereocenters. The van der Waals surface area contributed by atoms with Crippen LogP contribution in [0.4, 0.5) is 0 Å². The lowest BCUT2D eigenvalue weighted by Crippen LogP contribution is -2.48. The molecule has 0 spiro atoms. The molecule has 1 aliphatic carbocycles. The number of hydrogen-bond donors (Lipinski definition) is 1. The van der Waals surface area contributed by atoms with Gasteiger partial charge in [0, 0.05) is 12.6 Å². The number of nitrogens with zero attached hydrogens (tertiary/aromatic N) is 1. The van der Waals surface area contributed by atoms with E-state index in [9.17, 15) is 9.90 Å². The number of carboxylic acid groups (broad SMARTS) is 1. The van der Waals surface area contributed by atoms with E-state index in [0.717, 1.165) is 18.4 Å². The molecule has 0 aromatic heterocycles. The number of alkyl halides is 1. The van der Waals surface area contributed by atoms with Crippen LogP contribution in [0.25, 0.3) is 0 Å². The van der Waals surface area contributed by atoms with Gasteiger partial charge in [-0.1, -0.05) is 54.8 Å². The Morgan fingerprint density at radius 2 is 1.95 bits per heavy atom. The van der Waals surface area contributed by atoms with Crippen LogP contribution in [-0.4, -0.2) is 32.5 Å². The molecule has 1 aromatic rings. The van der Waals surface area contributed by atoms with Crippen LogP contribution in [0.5, 0.6) is 0 Å². The molecule has 4 nitrogen and oxygen atoms in total. The maximum absolute atomic E-state index is 11.7. The highest BCUT2D eigenvalue weighted by atomic mass is 35.5. The van der Waals surface area contributed by atoms with Gasteiger partial charge in [0.2, 0.25) is 0 Å². The molecule has 21 heavy (non-hydrogen) atoms. The van der Waals surface area contributed by atoms with Gasteiger partial charge in [0.25, 0.3) is 0 Å². The highest BCUT2D eigenvalue weighted by Crippen LogP contribution is 2.48. The zero-order chi connectivity index (χ0) is 14.2. The van der Waals surface area contributed by atoms with Crippen molar-refractivity contribution in [2.45, 2.75) is 49.7 Å². The number of carbonyl (C=O) groups is 1. The molecule has 116 valence electrons. The first-order chi connectivity index (χ1) is 9.61. The summed E-state index contributed by atoms with van der Waals surface area (Å²) in [4.78, 5) is 12.5. The average Bonchev–Trinajstić information content (AvgIpc) is 2.74. The van der Waals surface area contributed by atoms with Crippen LogP contribution in [0.3, 0.4) is 0 Å². The molecule has 3 atom stereocenters. The first-order valence-electron chi connectivity index (χ1n) is 7.34. The third kappa shape index (κ3) is 2.93. The van der Waals surface area contributed by atoms with E-state index in [-0.39, 0.29) is 5.48 Å². The second kappa shape index (κ2) is 6.34. The van der Waals surface area contributed by atoms with Crippen LogP contribution in [0.15, 0.2) is 30.3 Å². The first-order valence-corrected chi connectivity index (χ1v) is 7.72. The van der Waals surface area contributed by atoms with Gasteiger partial charge in [-0.15, -0.1) is 0 Å². The highest BCUT2D eigenvalue weighted by Gasteiger charge is 2.55. The minimum absolute atomic E-state index is 0. The number of benzene rings is 1. The number of halogens is 1. The van der Waals surface area contributed by atoms with Gasteiger partial charge in [0.05, 0.1) is 0 Å². The SMILES string of the molecule is O.O=C(O)[C@@]1(Cl)C[C@H]2CCCC[C@@H]2N1Cc1ccccc1. The summed E-state index contributed by atoms with van der Waals surface area (Å²) in [6.07, 6.45) is 5.13. The molecule has 1 aliphatic heterocycles. The maximum atomic E-state index is 11.7. The fourth-order valence-electron chi connectivity index (χ4n) is 3.80. The lowest BCUT2D eigenvalue weighted by atomic mass is 9.84.